The first-order valence-corrected chi connectivity index (χ1v) is 11.4. The van der Waals surface area contributed by atoms with Crippen molar-refractivity contribution in [1.29, 1.82) is 0 Å². The number of methoxy groups -OCH3 is 2. The third kappa shape index (κ3) is 5.13. The Hall–Kier alpha value is -3.07. The fraction of sp³-hybridized carbons (Fsp3) is 0.174. The Morgan fingerprint density at radius 2 is 1.79 bits per heavy atom. The van der Waals surface area contributed by atoms with Crippen molar-refractivity contribution in [3.05, 3.63) is 70.5 Å². The Kier molecular flexibility index (Phi) is 7.17. The van der Waals surface area contributed by atoms with Gasteiger partial charge in [0.2, 0.25) is 0 Å². The molecule has 0 spiro atoms. The molecule has 0 atom stereocenters. The zero-order chi connectivity index (χ0) is 23.4. The molecule has 4 aromatic rings. The normalized spacial score (nSPS) is 10.8. The van der Waals surface area contributed by atoms with Gasteiger partial charge in [0.1, 0.15) is 27.5 Å². The van der Waals surface area contributed by atoms with E-state index in [1.54, 1.807) is 50.7 Å². The zero-order valence-corrected chi connectivity index (χ0v) is 20.1. The predicted molar refractivity (Wildman–Crippen MR) is 130 cm³/mol. The quantitative estimate of drug-likeness (QED) is 0.310. The van der Waals surface area contributed by atoms with E-state index in [1.807, 2.05) is 18.2 Å². The fourth-order valence-corrected chi connectivity index (χ4v) is 4.67. The van der Waals surface area contributed by atoms with Gasteiger partial charge in [-0.05, 0) is 42.5 Å². The van der Waals surface area contributed by atoms with Crippen molar-refractivity contribution in [3.63, 3.8) is 0 Å². The molecule has 2 heterocycles. The summed E-state index contributed by atoms with van der Waals surface area (Å²) in [4.78, 5) is 23.8. The second-order valence-corrected chi connectivity index (χ2v) is 8.63. The first-order valence-electron chi connectivity index (χ1n) is 9.79. The van der Waals surface area contributed by atoms with Gasteiger partial charge in [0, 0.05) is 11.2 Å². The standard InChI is InChI=1S/C23H19Cl2N3O4S/c1-30-18-8-9-19(31-2)22-21(18)27-23(33-22)28(12-15-5-3-4-10-26-15)20(29)13-32-17-7-6-14(24)11-16(17)25/h3-11H,12-13H2,1-2H3. The van der Waals surface area contributed by atoms with Crippen LogP contribution in [0.1, 0.15) is 5.69 Å². The molecule has 2 aromatic heterocycles. The lowest BCUT2D eigenvalue weighted by Gasteiger charge is -2.20. The molecule has 0 saturated carbocycles. The largest absolute Gasteiger partial charge is 0.495 e. The second-order valence-electron chi connectivity index (χ2n) is 6.81. The molecule has 7 nitrogen and oxygen atoms in total. The summed E-state index contributed by atoms with van der Waals surface area (Å²) in [5.41, 5.74) is 1.31. The molecule has 2 aromatic carbocycles. The minimum absolute atomic E-state index is 0.210. The Labute approximate surface area is 204 Å². The number of halogens is 2. The van der Waals surface area contributed by atoms with E-state index in [0.717, 1.165) is 4.70 Å². The summed E-state index contributed by atoms with van der Waals surface area (Å²) < 4.78 is 17.4. The Morgan fingerprint density at radius 1 is 1.03 bits per heavy atom. The highest BCUT2D eigenvalue weighted by Crippen LogP contribution is 2.40. The van der Waals surface area contributed by atoms with Crippen LogP contribution in [0, 0.1) is 0 Å². The third-order valence-corrected chi connectivity index (χ3v) is 6.35. The van der Waals surface area contributed by atoms with Gasteiger partial charge in [-0.25, -0.2) is 4.98 Å². The SMILES string of the molecule is COc1ccc(OC)c2sc(N(Cc3ccccn3)C(=O)COc3ccc(Cl)cc3Cl)nc12. The second kappa shape index (κ2) is 10.2. The highest BCUT2D eigenvalue weighted by atomic mass is 35.5. The van der Waals surface area contributed by atoms with Gasteiger partial charge in [-0.2, -0.15) is 0 Å². The fourth-order valence-electron chi connectivity index (χ4n) is 3.12. The molecule has 0 aliphatic carbocycles. The first kappa shape index (κ1) is 23.1. The maximum atomic E-state index is 13.3. The van der Waals surface area contributed by atoms with E-state index >= 15 is 0 Å². The Morgan fingerprint density at radius 3 is 2.48 bits per heavy atom. The number of hydrogen-bond acceptors (Lipinski definition) is 7. The molecule has 0 N–H and O–H groups in total. The van der Waals surface area contributed by atoms with Crippen LogP contribution in [0.2, 0.25) is 10.0 Å². The van der Waals surface area contributed by atoms with Gasteiger partial charge in [0.25, 0.3) is 5.91 Å². The molecule has 0 aliphatic heterocycles. The average molecular weight is 504 g/mol. The number of fused-ring (bicyclic) bond motifs is 1. The molecule has 0 radical (unpaired) electrons. The molecule has 0 fully saturated rings. The Bertz CT molecular complexity index is 1240. The molecule has 33 heavy (non-hydrogen) atoms. The number of nitrogens with zero attached hydrogens (tertiary/aromatic N) is 3. The van der Waals surface area contributed by atoms with E-state index < -0.39 is 0 Å². The molecule has 1 amide bonds. The van der Waals surface area contributed by atoms with E-state index in [9.17, 15) is 4.79 Å². The van der Waals surface area contributed by atoms with Gasteiger partial charge in [0.15, 0.2) is 11.7 Å². The van der Waals surface area contributed by atoms with Crippen LogP contribution in [-0.2, 0) is 11.3 Å². The molecular weight excluding hydrogens is 485 g/mol. The molecule has 0 unspecified atom stereocenters. The number of rotatable bonds is 8. The van der Waals surface area contributed by atoms with Gasteiger partial charge in [-0.3, -0.25) is 14.7 Å². The smallest absolute Gasteiger partial charge is 0.267 e. The van der Waals surface area contributed by atoms with Crippen LogP contribution in [0.25, 0.3) is 10.2 Å². The van der Waals surface area contributed by atoms with Crippen molar-refractivity contribution in [2.45, 2.75) is 6.54 Å². The number of ether oxygens (including phenoxy) is 3. The van der Waals surface area contributed by atoms with Crippen LogP contribution < -0.4 is 19.1 Å². The molecule has 0 aliphatic rings. The van der Waals surface area contributed by atoms with Gasteiger partial charge < -0.3 is 14.2 Å². The monoisotopic (exact) mass is 503 g/mol. The highest BCUT2D eigenvalue weighted by molar-refractivity contribution is 7.22. The lowest BCUT2D eigenvalue weighted by atomic mass is 10.3. The number of anilines is 1. The summed E-state index contributed by atoms with van der Waals surface area (Å²) in [6.07, 6.45) is 1.67. The van der Waals surface area contributed by atoms with Crippen molar-refractivity contribution in [2.24, 2.45) is 0 Å². The average Bonchev–Trinajstić information content (AvgIpc) is 3.27. The summed E-state index contributed by atoms with van der Waals surface area (Å²) in [5, 5.41) is 1.27. The van der Waals surface area contributed by atoms with Gasteiger partial charge >= 0.3 is 0 Å². The van der Waals surface area contributed by atoms with Crippen LogP contribution in [0.4, 0.5) is 5.13 Å². The van der Waals surface area contributed by atoms with E-state index in [4.69, 9.17) is 37.4 Å². The Balaban J connectivity index is 1.68. The zero-order valence-electron chi connectivity index (χ0n) is 17.7. The summed E-state index contributed by atoms with van der Waals surface area (Å²) in [6, 6.07) is 13.9. The maximum Gasteiger partial charge on any atom is 0.267 e. The van der Waals surface area contributed by atoms with Crippen molar-refractivity contribution in [1.82, 2.24) is 9.97 Å². The topological polar surface area (TPSA) is 73.8 Å². The molecule has 0 bridgehead atoms. The summed E-state index contributed by atoms with van der Waals surface area (Å²) in [5.74, 6) is 1.27. The molecular formula is C23H19Cl2N3O4S. The number of aromatic nitrogens is 2. The lowest BCUT2D eigenvalue weighted by Crippen LogP contribution is -2.34. The number of benzene rings is 2. The number of pyridine rings is 1. The van der Waals surface area contributed by atoms with E-state index in [1.165, 1.54) is 16.2 Å². The van der Waals surface area contributed by atoms with E-state index in [-0.39, 0.29) is 19.1 Å². The van der Waals surface area contributed by atoms with Gasteiger partial charge in [0.05, 0.1) is 31.5 Å². The predicted octanol–water partition coefficient (Wildman–Crippen LogP) is 5.63. The van der Waals surface area contributed by atoms with E-state index in [0.29, 0.717) is 43.6 Å². The highest BCUT2D eigenvalue weighted by Gasteiger charge is 2.24. The molecule has 0 saturated heterocycles. The number of amides is 1. The van der Waals surface area contributed by atoms with Crippen LogP contribution in [0.15, 0.2) is 54.7 Å². The number of carbonyl (C=O) groups excluding carboxylic acids is 1. The van der Waals surface area contributed by atoms with Crippen LogP contribution in [0.3, 0.4) is 0 Å². The first-order chi connectivity index (χ1) is 16.0. The third-order valence-electron chi connectivity index (χ3n) is 4.72. The molecule has 4 rings (SSSR count). The van der Waals surface area contributed by atoms with Crippen molar-refractivity contribution >= 4 is 55.8 Å². The number of hydrogen-bond donors (Lipinski definition) is 0. The van der Waals surface area contributed by atoms with Crippen LogP contribution in [-0.4, -0.2) is 36.7 Å². The summed E-state index contributed by atoms with van der Waals surface area (Å²) in [7, 11) is 3.15. The summed E-state index contributed by atoms with van der Waals surface area (Å²) in [6.45, 7) is -0.0415. The minimum atomic E-state index is -0.316. The van der Waals surface area contributed by atoms with Crippen molar-refractivity contribution < 1.29 is 19.0 Å². The van der Waals surface area contributed by atoms with E-state index in [2.05, 4.69) is 9.97 Å². The summed E-state index contributed by atoms with van der Waals surface area (Å²) >= 11 is 13.4. The van der Waals surface area contributed by atoms with Gasteiger partial charge in [-0.1, -0.05) is 40.6 Å². The minimum Gasteiger partial charge on any atom is -0.495 e. The molecule has 170 valence electrons. The van der Waals surface area contributed by atoms with Crippen molar-refractivity contribution in [2.75, 3.05) is 25.7 Å². The van der Waals surface area contributed by atoms with Gasteiger partial charge in [-0.15, -0.1) is 0 Å². The van der Waals surface area contributed by atoms with Crippen LogP contribution in [0.5, 0.6) is 17.2 Å². The van der Waals surface area contributed by atoms with Crippen molar-refractivity contribution in [3.8, 4) is 17.2 Å². The number of carbonyl (C=O) groups is 1. The maximum absolute atomic E-state index is 13.3. The number of thiazole rings is 1. The van der Waals surface area contributed by atoms with Crippen LogP contribution >= 0.6 is 34.5 Å². The lowest BCUT2D eigenvalue weighted by molar-refractivity contribution is -0.120. The molecule has 10 heteroatoms.